The molecule has 1 aromatic heterocycles. The van der Waals surface area contributed by atoms with Crippen molar-refractivity contribution < 1.29 is 14.3 Å². The van der Waals surface area contributed by atoms with E-state index in [4.69, 9.17) is 9.52 Å². The minimum atomic E-state index is -0.928. The van der Waals surface area contributed by atoms with Gasteiger partial charge in [-0.05, 0) is 58.4 Å². The summed E-state index contributed by atoms with van der Waals surface area (Å²) < 4.78 is 5.43. The van der Waals surface area contributed by atoms with Crippen molar-refractivity contribution in [3.63, 3.8) is 0 Å². The predicted octanol–water partition coefficient (Wildman–Crippen LogP) is 1.72. The highest BCUT2D eigenvalue weighted by Crippen LogP contribution is 2.16. The number of nitrogens with one attached hydrogen (secondary N) is 1. The second kappa shape index (κ2) is 6.21. The molecule has 0 bridgehead atoms. The highest BCUT2D eigenvalue weighted by Gasteiger charge is 2.17. The molecule has 0 saturated carbocycles. The Hall–Kier alpha value is -1.33. The number of carbonyl (C=O) groups is 1. The van der Waals surface area contributed by atoms with Gasteiger partial charge in [0.25, 0.3) is 0 Å². The Bertz CT molecular complexity index is 434. The maximum Gasteiger partial charge on any atom is 0.339 e. The molecule has 0 amide bonds. The molecular weight excluding hydrogens is 244 g/mol. The van der Waals surface area contributed by atoms with E-state index in [1.807, 2.05) is 0 Å². The summed E-state index contributed by atoms with van der Waals surface area (Å²) >= 11 is 0. The van der Waals surface area contributed by atoms with Crippen LogP contribution in [0.1, 0.15) is 34.7 Å². The van der Waals surface area contributed by atoms with Gasteiger partial charge in [0.15, 0.2) is 0 Å². The van der Waals surface area contributed by atoms with Crippen molar-refractivity contribution in [3.05, 3.63) is 23.2 Å². The molecule has 106 valence electrons. The second-order valence-corrected chi connectivity index (χ2v) is 5.37. The van der Waals surface area contributed by atoms with Gasteiger partial charge in [-0.1, -0.05) is 0 Å². The van der Waals surface area contributed by atoms with Crippen LogP contribution in [0.25, 0.3) is 0 Å². The zero-order valence-corrected chi connectivity index (χ0v) is 11.6. The van der Waals surface area contributed by atoms with Crippen molar-refractivity contribution in [1.82, 2.24) is 10.2 Å². The first-order valence-corrected chi connectivity index (χ1v) is 6.78. The van der Waals surface area contributed by atoms with Crippen LogP contribution in [0, 0.1) is 12.8 Å². The number of furan rings is 1. The van der Waals surface area contributed by atoms with E-state index < -0.39 is 5.97 Å². The van der Waals surface area contributed by atoms with Gasteiger partial charge < -0.3 is 19.7 Å². The molecule has 19 heavy (non-hydrogen) atoms. The van der Waals surface area contributed by atoms with Gasteiger partial charge >= 0.3 is 5.97 Å². The van der Waals surface area contributed by atoms with Gasteiger partial charge in [-0.3, -0.25) is 0 Å². The normalized spacial score (nSPS) is 17.8. The third kappa shape index (κ3) is 3.81. The first-order valence-electron chi connectivity index (χ1n) is 6.78. The summed E-state index contributed by atoms with van der Waals surface area (Å²) in [6, 6.07) is 1.61. The van der Waals surface area contributed by atoms with Gasteiger partial charge in [0.05, 0.1) is 6.54 Å². The Balaban J connectivity index is 1.76. The topological polar surface area (TPSA) is 65.7 Å². The first-order chi connectivity index (χ1) is 9.06. The molecule has 1 aliphatic heterocycles. The van der Waals surface area contributed by atoms with Crippen LogP contribution in [0.2, 0.25) is 0 Å². The summed E-state index contributed by atoms with van der Waals surface area (Å²) in [5, 5.41) is 12.3. The molecular formula is C14H22N2O3. The quantitative estimate of drug-likeness (QED) is 0.849. The summed E-state index contributed by atoms with van der Waals surface area (Å²) in [5.41, 5.74) is 0.260. The summed E-state index contributed by atoms with van der Waals surface area (Å²) in [7, 11) is 2.16. The maximum atomic E-state index is 10.9. The molecule has 2 rings (SSSR count). The number of rotatable bonds is 5. The number of likely N-dealkylation sites (tertiary alicyclic amines) is 1. The van der Waals surface area contributed by atoms with Crippen molar-refractivity contribution in [3.8, 4) is 0 Å². The van der Waals surface area contributed by atoms with E-state index in [0.717, 1.165) is 19.6 Å². The number of hydrogen-bond donors (Lipinski definition) is 2. The summed E-state index contributed by atoms with van der Waals surface area (Å²) in [6.07, 6.45) is 2.45. The lowest BCUT2D eigenvalue weighted by Crippen LogP contribution is -2.34. The van der Waals surface area contributed by atoms with E-state index in [0.29, 0.717) is 24.0 Å². The lowest BCUT2D eigenvalue weighted by Gasteiger charge is -2.28. The van der Waals surface area contributed by atoms with Crippen LogP contribution in [0.3, 0.4) is 0 Å². The fourth-order valence-electron chi connectivity index (χ4n) is 2.51. The van der Waals surface area contributed by atoms with Gasteiger partial charge in [0.1, 0.15) is 17.1 Å². The lowest BCUT2D eigenvalue weighted by molar-refractivity contribution is 0.0695. The molecule has 5 heteroatoms. The van der Waals surface area contributed by atoms with Crippen LogP contribution < -0.4 is 5.32 Å². The SMILES string of the molecule is Cc1oc(CNCC2CCN(C)CC2)cc1C(=O)O. The van der Waals surface area contributed by atoms with Crippen molar-refractivity contribution in [2.75, 3.05) is 26.7 Å². The summed E-state index contributed by atoms with van der Waals surface area (Å²) in [6.45, 7) is 5.57. The molecule has 1 fully saturated rings. The molecule has 2 N–H and O–H groups in total. The van der Waals surface area contributed by atoms with Gasteiger partial charge in [-0.25, -0.2) is 4.79 Å². The molecule has 0 unspecified atom stereocenters. The van der Waals surface area contributed by atoms with Gasteiger partial charge in [0, 0.05) is 0 Å². The monoisotopic (exact) mass is 266 g/mol. The molecule has 2 heterocycles. The Kier molecular flexibility index (Phi) is 4.61. The number of piperidine rings is 1. The Morgan fingerprint density at radius 2 is 2.21 bits per heavy atom. The van der Waals surface area contributed by atoms with Crippen LogP contribution in [-0.2, 0) is 6.54 Å². The zero-order chi connectivity index (χ0) is 13.8. The van der Waals surface area contributed by atoms with Gasteiger partial charge in [-0.2, -0.15) is 0 Å². The fourth-order valence-corrected chi connectivity index (χ4v) is 2.51. The maximum absolute atomic E-state index is 10.9. The van der Waals surface area contributed by atoms with E-state index in [-0.39, 0.29) is 5.56 Å². The van der Waals surface area contributed by atoms with Gasteiger partial charge in [0.2, 0.25) is 0 Å². The molecule has 5 nitrogen and oxygen atoms in total. The van der Waals surface area contributed by atoms with Crippen LogP contribution in [-0.4, -0.2) is 42.7 Å². The number of aromatic carboxylic acids is 1. The Labute approximate surface area is 113 Å². The minimum Gasteiger partial charge on any atom is -0.478 e. The average molecular weight is 266 g/mol. The average Bonchev–Trinajstić information content (AvgIpc) is 2.73. The lowest BCUT2D eigenvalue weighted by atomic mass is 9.97. The molecule has 1 saturated heterocycles. The van der Waals surface area contributed by atoms with Crippen LogP contribution >= 0.6 is 0 Å². The molecule has 1 aliphatic rings. The van der Waals surface area contributed by atoms with Crippen molar-refractivity contribution in [2.45, 2.75) is 26.3 Å². The van der Waals surface area contributed by atoms with E-state index in [1.54, 1.807) is 13.0 Å². The smallest absolute Gasteiger partial charge is 0.339 e. The van der Waals surface area contributed by atoms with Crippen LogP contribution in [0.5, 0.6) is 0 Å². The zero-order valence-electron chi connectivity index (χ0n) is 11.6. The fraction of sp³-hybridized carbons (Fsp3) is 0.643. The third-order valence-electron chi connectivity index (χ3n) is 3.77. The van der Waals surface area contributed by atoms with E-state index in [2.05, 4.69) is 17.3 Å². The number of carboxylic acid groups (broad SMARTS) is 1. The van der Waals surface area contributed by atoms with Crippen LogP contribution in [0.4, 0.5) is 0 Å². The van der Waals surface area contributed by atoms with Crippen molar-refractivity contribution in [2.24, 2.45) is 5.92 Å². The minimum absolute atomic E-state index is 0.260. The molecule has 0 spiro atoms. The molecule has 0 aliphatic carbocycles. The standard InChI is InChI=1S/C14H22N2O3/c1-10-13(14(17)18)7-12(19-10)9-15-8-11-3-5-16(2)6-4-11/h7,11,15H,3-6,8-9H2,1-2H3,(H,17,18). The van der Waals surface area contributed by atoms with Gasteiger partial charge in [-0.15, -0.1) is 0 Å². The van der Waals surface area contributed by atoms with Crippen molar-refractivity contribution >= 4 is 5.97 Å². The highest BCUT2D eigenvalue weighted by atomic mass is 16.4. The van der Waals surface area contributed by atoms with Crippen LogP contribution in [0.15, 0.2) is 10.5 Å². The summed E-state index contributed by atoms with van der Waals surface area (Å²) in [4.78, 5) is 13.3. The number of hydrogen-bond acceptors (Lipinski definition) is 4. The van der Waals surface area contributed by atoms with E-state index in [1.165, 1.54) is 12.8 Å². The van der Waals surface area contributed by atoms with E-state index >= 15 is 0 Å². The number of nitrogens with zero attached hydrogens (tertiary/aromatic N) is 1. The Morgan fingerprint density at radius 3 is 2.79 bits per heavy atom. The largest absolute Gasteiger partial charge is 0.478 e. The summed E-state index contributed by atoms with van der Waals surface area (Å²) in [5.74, 6) is 0.959. The number of aryl methyl sites for hydroxylation is 1. The third-order valence-corrected chi connectivity index (χ3v) is 3.77. The molecule has 1 aromatic rings. The van der Waals surface area contributed by atoms with E-state index in [9.17, 15) is 4.79 Å². The predicted molar refractivity (Wildman–Crippen MR) is 72.3 cm³/mol. The molecule has 0 radical (unpaired) electrons. The molecule has 0 aromatic carbocycles. The van der Waals surface area contributed by atoms with Crippen molar-refractivity contribution in [1.29, 1.82) is 0 Å². The molecule has 0 atom stereocenters. The Morgan fingerprint density at radius 1 is 1.53 bits per heavy atom. The second-order valence-electron chi connectivity index (χ2n) is 5.37. The highest BCUT2D eigenvalue weighted by molar-refractivity contribution is 5.88. The first kappa shape index (κ1) is 14.1. The number of carboxylic acids is 1.